The lowest BCUT2D eigenvalue weighted by Crippen LogP contribution is -2.24. The van der Waals surface area contributed by atoms with Crippen LogP contribution in [0.25, 0.3) is 5.69 Å². The summed E-state index contributed by atoms with van der Waals surface area (Å²) < 4.78 is 1.86. The van der Waals surface area contributed by atoms with Crippen LogP contribution in [0.5, 0.6) is 0 Å². The van der Waals surface area contributed by atoms with E-state index in [1.165, 1.54) is 6.07 Å². The Bertz CT molecular complexity index is 568. The Morgan fingerprint density at radius 3 is 2.29 bits per heavy atom. The van der Waals surface area contributed by atoms with Crippen LogP contribution in [0.15, 0.2) is 30.3 Å². The van der Waals surface area contributed by atoms with Crippen molar-refractivity contribution in [1.29, 1.82) is 0 Å². The molecule has 0 saturated carbocycles. The van der Waals surface area contributed by atoms with Crippen molar-refractivity contribution in [3.8, 4) is 5.69 Å². The molecule has 1 heterocycles. The van der Waals surface area contributed by atoms with Crippen LogP contribution >= 0.6 is 11.6 Å². The summed E-state index contributed by atoms with van der Waals surface area (Å²) in [7, 11) is 0. The van der Waals surface area contributed by atoms with E-state index in [-0.39, 0.29) is 5.56 Å². The van der Waals surface area contributed by atoms with Crippen LogP contribution in [0.2, 0.25) is 5.02 Å². The molecule has 88 valence electrons. The Morgan fingerprint density at radius 2 is 1.76 bits per heavy atom. The molecule has 0 aliphatic rings. The maximum absolute atomic E-state index is 11.1. The minimum Gasteiger partial charge on any atom is -0.545 e. The quantitative estimate of drug-likeness (QED) is 0.817. The summed E-state index contributed by atoms with van der Waals surface area (Å²) >= 11 is 5.80. The molecule has 0 amide bonds. The number of benzene rings is 1. The Kier molecular flexibility index (Phi) is 2.94. The van der Waals surface area contributed by atoms with Gasteiger partial charge in [-0.15, -0.1) is 0 Å². The second kappa shape index (κ2) is 4.26. The first-order chi connectivity index (χ1) is 8.00. The van der Waals surface area contributed by atoms with Gasteiger partial charge in [0.05, 0.1) is 11.7 Å². The van der Waals surface area contributed by atoms with Crippen molar-refractivity contribution >= 4 is 17.6 Å². The van der Waals surface area contributed by atoms with Crippen molar-refractivity contribution < 1.29 is 9.90 Å². The van der Waals surface area contributed by atoms with Gasteiger partial charge in [-0.05, 0) is 44.2 Å². The number of hydrogen-bond donors (Lipinski definition) is 0. The number of rotatable bonds is 2. The third-order valence-electron chi connectivity index (χ3n) is 2.69. The summed E-state index contributed by atoms with van der Waals surface area (Å²) in [4.78, 5) is 11.1. The van der Waals surface area contributed by atoms with Gasteiger partial charge in [0.1, 0.15) is 0 Å². The number of hydrogen-bond acceptors (Lipinski definition) is 2. The topological polar surface area (TPSA) is 45.1 Å². The lowest BCUT2D eigenvalue weighted by Gasteiger charge is -2.15. The number of carboxylic acids is 1. The molecule has 3 nitrogen and oxygen atoms in total. The fourth-order valence-corrected chi connectivity index (χ4v) is 2.09. The van der Waals surface area contributed by atoms with Crippen LogP contribution < -0.4 is 5.11 Å². The molecule has 4 heteroatoms. The summed E-state index contributed by atoms with van der Waals surface area (Å²) in [5.41, 5.74) is 2.61. The third kappa shape index (κ3) is 2.06. The lowest BCUT2D eigenvalue weighted by molar-refractivity contribution is -0.255. The van der Waals surface area contributed by atoms with Gasteiger partial charge in [0.2, 0.25) is 0 Å². The van der Waals surface area contributed by atoms with Gasteiger partial charge in [-0.3, -0.25) is 0 Å². The molecular weight excluding hydrogens is 238 g/mol. The first-order valence-electron chi connectivity index (χ1n) is 5.17. The molecule has 0 bridgehead atoms. The number of aromatic nitrogens is 1. The van der Waals surface area contributed by atoms with E-state index in [1.807, 2.05) is 30.5 Å². The number of aromatic carboxylic acids is 1. The number of aryl methyl sites for hydroxylation is 2. The zero-order valence-electron chi connectivity index (χ0n) is 9.53. The van der Waals surface area contributed by atoms with Gasteiger partial charge < -0.3 is 14.5 Å². The first-order valence-corrected chi connectivity index (χ1v) is 5.54. The van der Waals surface area contributed by atoms with E-state index in [9.17, 15) is 9.90 Å². The molecule has 0 fully saturated rings. The van der Waals surface area contributed by atoms with Crippen LogP contribution in [0, 0.1) is 13.8 Å². The normalized spacial score (nSPS) is 10.5. The molecule has 2 rings (SSSR count). The number of carboxylic acid groups (broad SMARTS) is 1. The van der Waals surface area contributed by atoms with E-state index < -0.39 is 5.97 Å². The van der Waals surface area contributed by atoms with Gasteiger partial charge in [-0.2, -0.15) is 0 Å². The van der Waals surface area contributed by atoms with Crippen molar-refractivity contribution in [3.05, 3.63) is 52.3 Å². The van der Waals surface area contributed by atoms with E-state index in [0.717, 1.165) is 11.4 Å². The second-order valence-corrected chi connectivity index (χ2v) is 4.34. The van der Waals surface area contributed by atoms with Crippen molar-refractivity contribution in [2.45, 2.75) is 13.8 Å². The van der Waals surface area contributed by atoms with E-state index in [1.54, 1.807) is 12.1 Å². The molecule has 1 aromatic carbocycles. The summed E-state index contributed by atoms with van der Waals surface area (Å²) in [6, 6.07) is 8.63. The van der Waals surface area contributed by atoms with Crippen LogP contribution in [-0.2, 0) is 0 Å². The van der Waals surface area contributed by atoms with E-state index >= 15 is 0 Å². The van der Waals surface area contributed by atoms with E-state index in [4.69, 9.17) is 11.6 Å². The number of halogens is 1. The van der Waals surface area contributed by atoms with Gasteiger partial charge in [0, 0.05) is 22.0 Å². The molecule has 2 aromatic rings. The Balaban J connectivity index is 2.71. The molecule has 0 N–H and O–H groups in total. The molecular formula is C13H11ClNO2-. The fraction of sp³-hybridized carbons (Fsp3) is 0.154. The van der Waals surface area contributed by atoms with Crippen LogP contribution in [0.4, 0.5) is 0 Å². The Labute approximate surface area is 104 Å². The van der Waals surface area contributed by atoms with Crippen LogP contribution in [0.1, 0.15) is 21.7 Å². The van der Waals surface area contributed by atoms with Gasteiger partial charge in [0.15, 0.2) is 0 Å². The molecule has 0 spiro atoms. The predicted octanol–water partition coefficient (Wildman–Crippen LogP) is 2.11. The Morgan fingerprint density at radius 1 is 1.18 bits per heavy atom. The molecule has 1 aromatic heterocycles. The molecule has 0 aliphatic heterocycles. The average Bonchev–Trinajstić information content (AvgIpc) is 2.59. The smallest absolute Gasteiger partial charge is 0.0736 e. The monoisotopic (exact) mass is 248 g/mol. The minimum atomic E-state index is -1.23. The summed E-state index contributed by atoms with van der Waals surface area (Å²) in [5.74, 6) is -1.23. The van der Waals surface area contributed by atoms with Crippen LogP contribution in [0.3, 0.4) is 0 Å². The minimum absolute atomic E-state index is 0.0971. The molecule has 0 aliphatic carbocycles. The van der Waals surface area contributed by atoms with Gasteiger partial charge in [-0.1, -0.05) is 11.6 Å². The highest BCUT2D eigenvalue weighted by atomic mass is 35.5. The Hall–Kier alpha value is -1.74. The van der Waals surface area contributed by atoms with E-state index in [2.05, 4.69) is 0 Å². The van der Waals surface area contributed by atoms with E-state index in [0.29, 0.717) is 10.7 Å². The maximum atomic E-state index is 11.1. The third-order valence-corrected chi connectivity index (χ3v) is 2.93. The van der Waals surface area contributed by atoms with Gasteiger partial charge in [0.25, 0.3) is 0 Å². The maximum Gasteiger partial charge on any atom is 0.0736 e. The van der Waals surface area contributed by atoms with Crippen molar-refractivity contribution in [1.82, 2.24) is 4.57 Å². The largest absolute Gasteiger partial charge is 0.545 e. The lowest BCUT2D eigenvalue weighted by atomic mass is 10.1. The highest BCUT2D eigenvalue weighted by Gasteiger charge is 2.10. The number of carbonyl (C=O) groups excluding carboxylic acids is 1. The molecule has 0 unspecified atom stereocenters. The van der Waals surface area contributed by atoms with Crippen LogP contribution in [-0.4, -0.2) is 10.5 Å². The summed E-state index contributed by atoms with van der Waals surface area (Å²) in [6.45, 7) is 3.83. The zero-order chi connectivity index (χ0) is 12.6. The number of carbonyl (C=O) groups is 1. The highest BCUT2D eigenvalue weighted by Crippen LogP contribution is 2.23. The first kappa shape index (κ1) is 11.7. The second-order valence-electron chi connectivity index (χ2n) is 3.90. The van der Waals surface area contributed by atoms with Crippen molar-refractivity contribution in [2.75, 3.05) is 0 Å². The molecule has 0 atom stereocenters. The van der Waals surface area contributed by atoms with Crippen molar-refractivity contribution in [2.24, 2.45) is 0 Å². The summed E-state index contributed by atoms with van der Waals surface area (Å²) in [5, 5.41) is 11.5. The fourth-order valence-electron chi connectivity index (χ4n) is 1.92. The van der Waals surface area contributed by atoms with Gasteiger partial charge >= 0.3 is 0 Å². The predicted molar refractivity (Wildman–Crippen MR) is 64.6 cm³/mol. The SMILES string of the molecule is Cc1ccc(C)n1-c1ccc(Cl)cc1C(=O)[O-]. The van der Waals surface area contributed by atoms with Crippen molar-refractivity contribution in [3.63, 3.8) is 0 Å². The molecule has 0 saturated heterocycles. The highest BCUT2D eigenvalue weighted by molar-refractivity contribution is 6.31. The van der Waals surface area contributed by atoms with Gasteiger partial charge in [-0.25, -0.2) is 0 Å². The molecule has 0 radical (unpaired) electrons. The standard InChI is InChI=1S/C13H12ClNO2/c1-8-3-4-9(2)15(8)12-6-5-10(14)7-11(12)13(16)17/h3-7H,1-2H3,(H,16,17)/p-1. The molecule has 17 heavy (non-hydrogen) atoms. The zero-order valence-corrected chi connectivity index (χ0v) is 10.3. The number of nitrogens with zero attached hydrogens (tertiary/aromatic N) is 1. The summed E-state index contributed by atoms with van der Waals surface area (Å²) in [6.07, 6.45) is 0. The average molecular weight is 249 g/mol.